The van der Waals surface area contributed by atoms with Gasteiger partial charge in [-0.05, 0) is 191 Å². The number of rotatable bonds is 7. The van der Waals surface area contributed by atoms with Crippen molar-refractivity contribution in [1.29, 1.82) is 0 Å². The van der Waals surface area contributed by atoms with Gasteiger partial charge in [0.1, 0.15) is 72.9 Å². The molecule has 0 aliphatic heterocycles. The fourth-order valence-corrected chi connectivity index (χ4v) is 18.8. The molecule has 1 saturated carbocycles. The SMILES string of the molecule is Cc1c(-c2cc(CC(C)C)cc[n+]2C)c2oc3ccccc3c2c2ccccc12.Cc1c(-c2ccc(C(C)(C)C)c[n+]2C)c2oc3ccccc3c2c2ccccc12.Cc1c(-c2ccc(C3CCCC3)c[n+]2C)c2oc3ccccc3c2c2ccccc12.Cc1cc(-c2c(C)c3ccccc3c3c2oc2ccccc23)[n+](C)cc1C. The molecule has 20 aromatic rings. The summed E-state index contributed by atoms with van der Waals surface area (Å²) < 4.78 is 34.9. The summed E-state index contributed by atoms with van der Waals surface area (Å²) in [6.45, 7) is 24.5. The Morgan fingerprint density at radius 2 is 0.652 bits per heavy atom. The number of fused-ring (bicyclic) bond motifs is 20. The standard InChI is InChI=1S/C28H26NO.2C27H26NO.C25H22NO/c1-18-21-11-5-6-12-22(21)27-23-13-7-8-14-25(23)30-28(27)26(18)24-16-15-20(17-29(24)2)19-9-3-4-10-19;1-17-19-10-6-7-11-20(19)25-21-12-8-9-13-23(21)29-26(25)24(17)22-15-14-18(16-28(22)5)27(2,3)4;1-17(2)15-19-13-14-28(4)23(16-19)25-18(3)20-9-5-6-10-21(20)26-22-11-7-8-12-24(22)29-27(25)26;1-15-13-21(26(4)14-16(15)2)23-17(3)18-9-5-6-10-19(18)24-20-11-7-8-12-22(20)27-25(23)24/h5-8,11-17,19H,3-4,9-10H2,1-2H3;6-16H,1-5H3;5-14,16-17H,15H2,1-4H3;5-14H,1-4H3/q4*+1. The maximum absolute atomic E-state index is 6.50. The van der Waals surface area contributed by atoms with Crippen LogP contribution < -0.4 is 18.3 Å². The van der Waals surface area contributed by atoms with Crippen LogP contribution in [0.1, 0.15) is 116 Å². The van der Waals surface area contributed by atoms with E-state index < -0.39 is 0 Å². The average Bonchev–Trinajstić information content (AvgIpc) is 1.64. The predicted octanol–water partition coefficient (Wildman–Crippen LogP) is 26.9. The second-order valence-electron chi connectivity index (χ2n) is 33.8. The first kappa shape index (κ1) is 73.9. The molecule has 8 aromatic heterocycles. The molecule has 8 heterocycles. The highest BCUT2D eigenvalue weighted by Crippen LogP contribution is 2.49. The minimum Gasteiger partial charge on any atom is -0.455 e. The molecule has 0 amide bonds. The molecule has 1 aliphatic carbocycles. The van der Waals surface area contributed by atoms with Crippen LogP contribution in [-0.4, -0.2) is 0 Å². The summed E-state index contributed by atoms with van der Waals surface area (Å²) >= 11 is 0. The molecule has 115 heavy (non-hydrogen) atoms. The van der Waals surface area contributed by atoms with Crippen molar-refractivity contribution in [3.05, 3.63) is 311 Å². The van der Waals surface area contributed by atoms with E-state index in [1.165, 1.54) is 207 Å². The molecule has 12 aromatic carbocycles. The zero-order chi connectivity index (χ0) is 79.4. The van der Waals surface area contributed by atoms with E-state index in [0.717, 1.165) is 51.1 Å². The smallest absolute Gasteiger partial charge is 0.216 e. The molecule has 0 bridgehead atoms. The minimum atomic E-state index is 0.114. The Bertz CT molecular complexity index is 7290. The van der Waals surface area contributed by atoms with Crippen molar-refractivity contribution in [2.24, 2.45) is 34.1 Å². The molecule has 21 rings (SSSR count). The Labute approximate surface area is 672 Å². The van der Waals surface area contributed by atoms with Crippen molar-refractivity contribution in [3.8, 4) is 45.0 Å². The fraction of sp³-hybridized carbons (Fsp3) is 0.215. The number of para-hydroxylation sites is 4. The number of aromatic nitrogens is 4. The van der Waals surface area contributed by atoms with Gasteiger partial charge in [-0.15, -0.1) is 0 Å². The fourth-order valence-electron chi connectivity index (χ4n) is 18.8. The lowest BCUT2D eigenvalue weighted by atomic mass is 9.87. The largest absolute Gasteiger partial charge is 0.455 e. The third kappa shape index (κ3) is 12.9. The lowest BCUT2D eigenvalue weighted by Crippen LogP contribution is -2.33. The van der Waals surface area contributed by atoms with Gasteiger partial charge in [-0.25, -0.2) is 18.3 Å². The van der Waals surface area contributed by atoms with E-state index >= 15 is 0 Å². The van der Waals surface area contributed by atoms with Gasteiger partial charge in [0.2, 0.25) is 22.8 Å². The maximum Gasteiger partial charge on any atom is 0.216 e. The first-order valence-electron chi connectivity index (χ1n) is 41.0. The monoisotopic (exact) mass is 1500 g/mol. The highest BCUT2D eigenvalue weighted by atomic mass is 16.3. The van der Waals surface area contributed by atoms with Crippen LogP contribution in [0.15, 0.2) is 279 Å². The van der Waals surface area contributed by atoms with Crippen LogP contribution in [0.4, 0.5) is 0 Å². The molecule has 568 valence electrons. The molecule has 1 fully saturated rings. The van der Waals surface area contributed by atoms with Crippen LogP contribution in [0.2, 0.25) is 0 Å². The summed E-state index contributed by atoms with van der Waals surface area (Å²) in [4.78, 5) is 0. The van der Waals surface area contributed by atoms with E-state index in [2.05, 4.69) is 366 Å². The number of nitrogens with zero attached hydrogens (tertiary/aromatic N) is 4. The molecule has 0 atom stereocenters. The van der Waals surface area contributed by atoms with Crippen molar-refractivity contribution >= 4 is 131 Å². The number of furan rings is 4. The molecule has 0 unspecified atom stereocenters. The molecular weight excluding hydrogens is 1410 g/mol. The molecule has 8 nitrogen and oxygen atoms in total. The number of hydrogen-bond donors (Lipinski definition) is 0. The van der Waals surface area contributed by atoms with Crippen LogP contribution in [-0.2, 0) is 40.0 Å². The Morgan fingerprint density at radius 1 is 0.330 bits per heavy atom. The van der Waals surface area contributed by atoms with Gasteiger partial charge < -0.3 is 17.7 Å². The van der Waals surface area contributed by atoms with Crippen molar-refractivity contribution in [2.75, 3.05) is 0 Å². The molecular formula is C107H100N4O4+4. The second kappa shape index (κ2) is 29.5. The third-order valence-corrected chi connectivity index (χ3v) is 24.8. The maximum atomic E-state index is 6.50. The van der Waals surface area contributed by atoms with E-state index in [9.17, 15) is 0 Å². The lowest BCUT2D eigenvalue weighted by Gasteiger charge is -2.18. The average molecular weight is 1510 g/mol. The molecule has 0 N–H and O–H groups in total. The second-order valence-corrected chi connectivity index (χ2v) is 33.8. The number of hydrogen-bond acceptors (Lipinski definition) is 4. The van der Waals surface area contributed by atoms with Gasteiger partial charge in [0.15, 0.2) is 24.8 Å². The first-order chi connectivity index (χ1) is 55.7. The third-order valence-electron chi connectivity index (χ3n) is 24.8. The Hall–Kier alpha value is -12.5. The zero-order valence-electron chi connectivity index (χ0n) is 68.9. The molecule has 0 radical (unpaired) electrons. The first-order valence-corrected chi connectivity index (χ1v) is 41.0. The lowest BCUT2D eigenvalue weighted by molar-refractivity contribution is -0.661. The topological polar surface area (TPSA) is 68.1 Å². The molecule has 0 saturated heterocycles. The van der Waals surface area contributed by atoms with Gasteiger partial charge in [0.05, 0.1) is 22.3 Å². The quantitative estimate of drug-likeness (QED) is 0.149. The van der Waals surface area contributed by atoms with E-state index in [0.29, 0.717) is 11.8 Å². The normalized spacial score (nSPS) is 12.8. The van der Waals surface area contributed by atoms with Gasteiger partial charge in [-0.1, -0.05) is 217 Å². The highest BCUT2D eigenvalue weighted by Gasteiger charge is 2.31. The summed E-state index contributed by atoms with van der Waals surface area (Å²) in [5, 5.41) is 19.8. The van der Waals surface area contributed by atoms with E-state index in [1.54, 1.807) is 0 Å². The summed E-state index contributed by atoms with van der Waals surface area (Å²) in [5.41, 5.74) is 29.2. The summed E-state index contributed by atoms with van der Waals surface area (Å²) in [5.74, 6) is 1.34. The summed E-state index contributed by atoms with van der Waals surface area (Å²) in [6, 6.07) is 84.2. The Balaban J connectivity index is 0.000000106. The van der Waals surface area contributed by atoms with Gasteiger partial charge in [0.25, 0.3) is 0 Å². The molecule has 1 aliphatic rings. The van der Waals surface area contributed by atoms with Crippen molar-refractivity contribution in [1.82, 2.24) is 0 Å². The van der Waals surface area contributed by atoms with Crippen molar-refractivity contribution < 1.29 is 35.9 Å². The molecule has 8 heteroatoms. The van der Waals surface area contributed by atoms with Crippen LogP contribution in [0, 0.1) is 47.5 Å². The number of aryl methyl sites for hydroxylation is 10. The van der Waals surface area contributed by atoms with Gasteiger partial charge in [-0.2, -0.15) is 0 Å². The summed E-state index contributed by atoms with van der Waals surface area (Å²) in [6.07, 6.45) is 15.4. The Kier molecular flexibility index (Phi) is 18.9. The van der Waals surface area contributed by atoms with E-state index in [1.807, 2.05) is 18.2 Å². The summed E-state index contributed by atoms with van der Waals surface area (Å²) in [7, 11) is 8.55. The van der Waals surface area contributed by atoms with Crippen LogP contribution in [0.25, 0.3) is 176 Å². The minimum absolute atomic E-state index is 0.114. The number of pyridine rings is 4. The zero-order valence-corrected chi connectivity index (χ0v) is 68.9. The van der Waals surface area contributed by atoms with Crippen molar-refractivity contribution in [2.45, 2.75) is 120 Å². The van der Waals surface area contributed by atoms with Crippen molar-refractivity contribution in [3.63, 3.8) is 0 Å². The molecule has 0 spiro atoms. The number of benzene rings is 12. The van der Waals surface area contributed by atoms with Crippen LogP contribution in [0.3, 0.4) is 0 Å². The predicted molar refractivity (Wildman–Crippen MR) is 478 cm³/mol. The highest BCUT2D eigenvalue weighted by molar-refractivity contribution is 6.27. The Morgan fingerprint density at radius 3 is 1.01 bits per heavy atom. The van der Waals surface area contributed by atoms with Gasteiger partial charge >= 0.3 is 0 Å². The van der Waals surface area contributed by atoms with Gasteiger partial charge in [-0.3, -0.25) is 0 Å². The van der Waals surface area contributed by atoms with E-state index in [-0.39, 0.29) is 5.41 Å². The van der Waals surface area contributed by atoms with Gasteiger partial charge in [0, 0.05) is 90.1 Å². The van der Waals surface area contributed by atoms with Crippen LogP contribution >= 0.6 is 0 Å². The van der Waals surface area contributed by atoms with E-state index in [4.69, 9.17) is 17.7 Å². The van der Waals surface area contributed by atoms with Crippen LogP contribution in [0.5, 0.6) is 0 Å².